The average Bonchev–Trinajstić information content (AvgIpc) is 2.73. The summed E-state index contributed by atoms with van der Waals surface area (Å²) in [5, 5.41) is 16.7. The van der Waals surface area contributed by atoms with Gasteiger partial charge < -0.3 is 16.0 Å². The van der Waals surface area contributed by atoms with Crippen LogP contribution in [0.25, 0.3) is 0 Å². The third-order valence-electron chi connectivity index (χ3n) is 4.80. The van der Waals surface area contributed by atoms with Crippen LogP contribution >= 0.6 is 0 Å². The number of piperidine rings is 1. The normalized spacial score (nSPS) is 17.0. The Morgan fingerprint density at radius 1 is 1.14 bits per heavy atom. The number of anilines is 1. The third-order valence-corrected chi connectivity index (χ3v) is 4.80. The summed E-state index contributed by atoms with van der Waals surface area (Å²) in [5.74, 6) is -2.36. The number of hydroxylamine groups is 1. The minimum Gasteiger partial charge on any atom is -0.355 e. The molecule has 1 aromatic rings. The summed E-state index contributed by atoms with van der Waals surface area (Å²) in [6.07, 6.45) is 3.55. The number of nitrogens with one attached hydrogen (secondary N) is 4. The van der Waals surface area contributed by atoms with Crippen molar-refractivity contribution in [1.29, 1.82) is 0 Å². The van der Waals surface area contributed by atoms with Crippen LogP contribution in [0.1, 0.15) is 44.9 Å². The fourth-order valence-corrected chi connectivity index (χ4v) is 3.18. The van der Waals surface area contributed by atoms with Crippen LogP contribution < -0.4 is 21.4 Å². The van der Waals surface area contributed by atoms with Gasteiger partial charge in [-0.05, 0) is 37.8 Å². The zero-order chi connectivity index (χ0) is 21.1. The van der Waals surface area contributed by atoms with Gasteiger partial charge in [0.2, 0.25) is 23.6 Å². The van der Waals surface area contributed by atoms with Crippen LogP contribution in [0.15, 0.2) is 30.3 Å². The fourth-order valence-electron chi connectivity index (χ4n) is 3.18. The molecule has 0 saturated carbocycles. The second-order valence-corrected chi connectivity index (χ2v) is 7.04. The lowest BCUT2D eigenvalue weighted by molar-refractivity contribution is -0.138. The first-order valence-electron chi connectivity index (χ1n) is 9.88. The van der Waals surface area contributed by atoms with Gasteiger partial charge in [-0.15, -0.1) is 0 Å². The topological polar surface area (TPSA) is 137 Å². The Labute approximate surface area is 169 Å². The first kappa shape index (κ1) is 22.4. The van der Waals surface area contributed by atoms with Crippen LogP contribution in [0.3, 0.4) is 0 Å². The number of para-hydroxylation sites is 1. The molecule has 2 atom stereocenters. The average molecular weight is 404 g/mol. The van der Waals surface area contributed by atoms with Gasteiger partial charge in [0.05, 0.1) is 0 Å². The van der Waals surface area contributed by atoms with Gasteiger partial charge in [-0.1, -0.05) is 31.0 Å². The molecular formula is C20H28N4O5. The summed E-state index contributed by atoms with van der Waals surface area (Å²) in [7, 11) is 0. The maximum Gasteiger partial charge on any atom is 0.246 e. The smallest absolute Gasteiger partial charge is 0.246 e. The molecule has 158 valence electrons. The Balaban J connectivity index is 1.93. The highest BCUT2D eigenvalue weighted by molar-refractivity contribution is 6.03. The summed E-state index contributed by atoms with van der Waals surface area (Å²) in [5.41, 5.74) is 2.20. The number of rotatable bonds is 10. The minimum atomic E-state index is -0.788. The van der Waals surface area contributed by atoms with Crippen molar-refractivity contribution in [2.75, 3.05) is 11.9 Å². The lowest BCUT2D eigenvalue weighted by Crippen LogP contribution is -2.50. The summed E-state index contributed by atoms with van der Waals surface area (Å²) in [6.45, 7) is 0.557. The fraction of sp³-hybridized carbons (Fsp3) is 0.500. The molecule has 1 aromatic carbocycles. The SMILES string of the molecule is O=C(CCCCC[C@H](NC(=O)C1CCCNC1=O)C(=O)Nc1ccccc1)NO. The van der Waals surface area contributed by atoms with Crippen molar-refractivity contribution in [2.45, 2.75) is 51.0 Å². The van der Waals surface area contributed by atoms with Gasteiger partial charge in [0.1, 0.15) is 12.0 Å². The van der Waals surface area contributed by atoms with E-state index in [1.807, 2.05) is 6.07 Å². The number of amides is 4. The van der Waals surface area contributed by atoms with Crippen molar-refractivity contribution in [2.24, 2.45) is 5.92 Å². The van der Waals surface area contributed by atoms with Crippen molar-refractivity contribution >= 4 is 29.3 Å². The number of unbranched alkanes of at least 4 members (excludes halogenated alkanes) is 2. The number of carbonyl (C=O) groups is 4. The first-order valence-corrected chi connectivity index (χ1v) is 9.88. The number of carbonyl (C=O) groups excluding carboxylic acids is 4. The number of benzene rings is 1. The first-order chi connectivity index (χ1) is 14.0. The molecule has 1 unspecified atom stereocenters. The van der Waals surface area contributed by atoms with E-state index in [9.17, 15) is 19.2 Å². The van der Waals surface area contributed by atoms with Gasteiger partial charge >= 0.3 is 0 Å². The van der Waals surface area contributed by atoms with Crippen LogP contribution in [0, 0.1) is 5.92 Å². The van der Waals surface area contributed by atoms with Gasteiger partial charge in [-0.3, -0.25) is 24.4 Å². The van der Waals surface area contributed by atoms with Gasteiger partial charge in [-0.25, -0.2) is 5.48 Å². The molecule has 0 spiro atoms. The van der Waals surface area contributed by atoms with E-state index in [2.05, 4.69) is 16.0 Å². The molecule has 1 fully saturated rings. The maximum absolute atomic E-state index is 12.7. The Bertz CT molecular complexity index is 710. The quantitative estimate of drug-likeness (QED) is 0.172. The van der Waals surface area contributed by atoms with Crippen molar-refractivity contribution in [3.05, 3.63) is 30.3 Å². The largest absolute Gasteiger partial charge is 0.355 e. The van der Waals surface area contributed by atoms with Crippen LogP contribution in [0.5, 0.6) is 0 Å². The van der Waals surface area contributed by atoms with E-state index < -0.39 is 23.8 Å². The lowest BCUT2D eigenvalue weighted by atomic mass is 9.96. The van der Waals surface area contributed by atoms with E-state index in [1.54, 1.807) is 29.7 Å². The Hall–Kier alpha value is -2.94. The highest BCUT2D eigenvalue weighted by atomic mass is 16.5. The monoisotopic (exact) mass is 404 g/mol. The van der Waals surface area contributed by atoms with Crippen molar-refractivity contribution in [3.63, 3.8) is 0 Å². The molecule has 9 nitrogen and oxygen atoms in total. The molecule has 1 heterocycles. The Kier molecular flexibility index (Phi) is 9.10. The van der Waals surface area contributed by atoms with Gasteiger partial charge in [-0.2, -0.15) is 0 Å². The van der Waals surface area contributed by atoms with Crippen molar-refractivity contribution in [3.8, 4) is 0 Å². The molecule has 0 bridgehead atoms. The zero-order valence-corrected chi connectivity index (χ0v) is 16.3. The van der Waals surface area contributed by atoms with Crippen molar-refractivity contribution in [1.82, 2.24) is 16.1 Å². The Morgan fingerprint density at radius 3 is 2.59 bits per heavy atom. The molecule has 0 aromatic heterocycles. The second kappa shape index (κ2) is 11.8. The summed E-state index contributed by atoms with van der Waals surface area (Å²) in [6, 6.07) is 8.13. The minimum absolute atomic E-state index is 0.186. The van der Waals surface area contributed by atoms with Gasteiger partial charge in [0.15, 0.2) is 0 Å². The summed E-state index contributed by atoms with van der Waals surface area (Å²) < 4.78 is 0. The molecule has 5 N–H and O–H groups in total. The van der Waals surface area contributed by atoms with E-state index in [0.29, 0.717) is 44.3 Å². The standard InChI is InChI=1S/C20H28N4O5/c25-17(24-29)12-6-2-5-11-16(20(28)22-14-8-3-1-4-9-14)23-19(27)15-10-7-13-21-18(15)26/h1,3-4,8-9,15-16,29H,2,5-7,10-13H2,(H,21,26)(H,22,28)(H,23,27)(H,24,25)/t15?,16-/m0/s1. The zero-order valence-electron chi connectivity index (χ0n) is 16.3. The maximum atomic E-state index is 12.7. The number of hydrogen-bond acceptors (Lipinski definition) is 5. The van der Waals surface area contributed by atoms with Crippen LogP contribution in [-0.4, -0.2) is 41.4 Å². The van der Waals surface area contributed by atoms with Crippen LogP contribution in [0.4, 0.5) is 5.69 Å². The molecule has 1 aliphatic heterocycles. The van der Waals surface area contributed by atoms with Gasteiger partial charge in [0.25, 0.3) is 0 Å². The summed E-state index contributed by atoms with van der Waals surface area (Å²) in [4.78, 5) is 48.3. The molecule has 0 aliphatic carbocycles. The van der Waals surface area contributed by atoms with E-state index >= 15 is 0 Å². The predicted octanol–water partition coefficient (Wildman–Crippen LogP) is 1.09. The predicted molar refractivity (Wildman–Crippen MR) is 106 cm³/mol. The van der Waals surface area contributed by atoms with Gasteiger partial charge in [0, 0.05) is 18.7 Å². The molecule has 2 rings (SSSR count). The van der Waals surface area contributed by atoms with Crippen LogP contribution in [-0.2, 0) is 19.2 Å². The molecule has 0 radical (unpaired) electrons. The van der Waals surface area contributed by atoms with E-state index in [0.717, 1.165) is 6.42 Å². The molecule has 29 heavy (non-hydrogen) atoms. The number of hydrogen-bond donors (Lipinski definition) is 5. The Morgan fingerprint density at radius 2 is 1.90 bits per heavy atom. The van der Waals surface area contributed by atoms with Crippen LogP contribution in [0.2, 0.25) is 0 Å². The molecule has 1 saturated heterocycles. The highest BCUT2D eigenvalue weighted by Gasteiger charge is 2.31. The lowest BCUT2D eigenvalue weighted by Gasteiger charge is -2.24. The molecule has 9 heteroatoms. The van der Waals surface area contributed by atoms with E-state index in [4.69, 9.17) is 5.21 Å². The van der Waals surface area contributed by atoms with E-state index in [-0.39, 0.29) is 18.2 Å². The highest BCUT2D eigenvalue weighted by Crippen LogP contribution is 2.14. The second-order valence-electron chi connectivity index (χ2n) is 7.04. The summed E-state index contributed by atoms with van der Waals surface area (Å²) >= 11 is 0. The molecular weight excluding hydrogens is 376 g/mol. The van der Waals surface area contributed by atoms with Crippen molar-refractivity contribution < 1.29 is 24.4 Å². The molecule has 1 aliphatic rings. The third kappa shape index (κ3) is 7.53. The molecule has 4 amide bonds. The van der Waals surface area contributed by atoms with E-state index in [1.165, 1.54) is 0 Å².